The SMILES string of the molecule is NCC(=O)NCC(=O)Nc1ccc(S(N)(=O)=O)cc1I. The first kappa shape index (κ1) is 16.8. The van der Waals surface area contributed by atoms with Gasteiger partial charge in [0.2, 0.25) is 21.8 Å². The van der Waals surface area contributed by atoms with Crippen LogP contribution >= 0.6 is 22.6 Å². The number of benzene rings is 1. The lowest BCUT2D eigenvalue weighted by molar-refractivity contribution is -0.123. The summed E-state index contributed by atoms with van der Waals surface area (Å²) in [6, 6.07) is 4.04. The van der Waals surface area contributed by atoms with E-state index in [0.29, 0.717) is 9.26 Å². The highest BCUT2D eigenvalue weighted by molar-refractivity contribution is 14.1. The second-order valence-electron chi connectivity index (χ2n) is 3.72. The minimum atomic E-state index is -3.78. The molecule has 1 rings (SSSR count). The number of hydrogen-bond acceptors (Lipinski definition) is 5. The number of primary sulfonamides is 1. The Kier molecular flexibility index (Phi) is 5.86. The molecular formula is C10H13IN4O4S. The van der Waals surface area contributed by atoms with Gasteiger partial charge >= 0.3 is 0 Å². The number of halogens is 1. The zero-order valence-corrected chi connectivity index (χ0v) is 13.2. The summed E-state index contributed by atoms with van der Waals surface area (Å²) in [7, 11) is -3.78. The lowest BCUT2D eigenvalue weighted by Crippen LogP contribution is -2.36. The van der Waals surface area contributed by atoms with Gasteiger partial charge in [-0.05, 0) is 40.8 Å². The predicted molar refractivity (Wildman–Crippen MR) is 81.2 cm³/mol. The summed E-state index contributed by atoms with van der Waals surface area (Å²) in [5.41, 5.74) is 5.50. The minimum absolute atomic E-state index is 0.0451. The van der Waals surface area contributed by atoms with Gasteiger partial charge in [-0.1, -0.05) is 0 Å². The van der Waals surface area contributed by atoms with E-state index in [1.807, 2.05) is 22.6 Å². The van der Waals surface area contributed by atoms with Crippen LogP contribution in [-0.4, -0.2) is 33.3 Å². The average molecular weight is 412 g/mol. The molecular weight excluding hydrogens is 399 g/mol. The molecule has 0 fully saturated rings. The molecule has 0 heterocycles. The molecule has 8 nitrogen and oxygen atoms in total. The lowest BCUT2D eigenvalue weighted by atomic mass is 10.3. The molecule has 0 spiro atoms. The van der Waals surface area contributed by atoms with Crippen LogP contribution in [0.15, 0.2) is 23.1 Å². The van der Waals surface area contributed by atoms with E-state index in [1.165, 1.54) is 18.2 Å². The molecule has 2 amide bonds. The van der Waals surface area contributed by atoms with Gasteiger partial charge in [0.25, 0.3) is 0 Å². The summed E-state index contributed by atoms with van der Waals surface area (Å²) in [5.74, 6) is -0.896. The number of carbonyl (C=O) groups excluding carboxylic acids is 2. The molecule has 0 saturated heterocycles. The van der Waals surface area contributed by atoms with E-state index in [9.17, 15) is 18.0 Å². The van der Waals surface area contributed by atoms with Gasteiger partial charge in [0.15, 0.2) is 0 Å². The normalized spacial score (nSPS) is 10.9. The Labute approximate surface area is 129 Å². The van der Waals surface area contributed by atoms with Crippen LogP contribution in [0.4, 0.5) is 5.69 Å². The zero-order valence-electron chi connectivity index (χ0n) is 10.2. The molecule has 6 N–H and O–H groups in total. The van der Waals surface area contributed by atoms with Gasteiger partial charge < -0.3 is 16.4 Å². The highest BCUT2D eigenvalue weighted by atomic mass is 127. The van der Waals surface area contributed by atoms with E-state index >= 15 is 0 Å². The first-order valence-corrected chi connectivity index (χ1v) is 7.95. The van der Waals surface area contributed by atoms with Gasteiger partial charge in [0.05, 0.1) is 23.7 Å². The van der Waals surface area contributed by atoms with Gasteiger partial charge in [-0.2, -0.15) is 0 Å². The molecule has 110 valence electrons. The van der Waals surface area contributed by atoms with Crippen LogP contribution in [0.1, 0.15) is 0 Å². The smallest absolute Gasteiger partial charge is 0.243 e. The second kappa shape index (κ2) is 6.97. The summed E-state index contributed by atoms with van der Waals surface area (Å²) in [5, 5.41) is 9.84. The first-order valence-electron chi connectivity index (χ1n) is 5.33. The highest BCUT2D eigenvalue weighted by Crippen LogP contribution is 2.21. The fraction of sp³-hybridized carbons (Fsp3) is 0.200. The molecule has 0 atom stereocenters. The summed E-state index contributed by atoms with van der Waals surface area (Å²) in [6.07, 6.45) is 0. The molecule has 0 radical (unpaired) electrons. The molecule has 0 unspecified atom stereocenters. The van der Waals surface area contributed by atoms with Crippen LogP contribution in [0.3, 0.4) is 0 Å². The standard InChI is InChI=1S/C10H13IN4O4S/c11-7-3-6(20(13,18)19)1-2-8(7)15-10(17)5-14-9(16)4-12/h1-3H,4-5,12H2,(H,14,16)(H,15,17)(H2,13,18,19). The summed E-state index contributed by atoms with van der Waals surface area (Å²) in [4.78, 5) is 22.4. The van der Waals surface area contributed by atoms with E-state index in [-0.39, 0.29) is 18.0 Å². The third-order valence-electron chi connectivity index (χ3n) is 2.17. The van der Waals surface area contributed by atoms with Crippen molar-refractivity contribution in [1.29, 1.82) is 0 Å². The number of rotatable bonds is 5. The number of anilines is 1. The van der Waals surface area contributed by atoms with Crippen LogP contribution in [-0.2, 0) is 19.6 Å². The Hall–Kier alpha value is -1.24. The van der Waals surface area contributed by atoms with Gasteiger partial charge in [-0.3, -0.25) is 9.59 Å². The molecule has 0 aliphatic rings. The highest BCUT2D eigenvalue weighted by Gasteiger charge is 2.12. The number of nitrogens with two attached hydrogens (primary N) is 2. The molecule has 0 aliphatic heterocycles. The number of amides is 2. The topological polar surface area (TPSA) is 144 Å². The van der Waals surface area contributed by atoms with Crippen LogP contribution in [0.5, 0.6) is 0 Å². The van der Waals surface area contributed by atoms with Crippen molar-refractivity contribution in [1.82, 2.24) is 5.32 Å². The van der Waals surface area contributed by atoms with Crippen molar-refractivity contribution < 1.29 is 18.0 Å². The summed E-state index contributed by atoms with van der Waals surface area (Å²) >= 11 is 1.87. The van der Waals surface area contributed by atoms with E-state index in [1.54, 1.807) is 0 Å². The predicted octanol–water partition coefficient (Wildman–Crippen LogP) is -1.05. The van der Waals surface area contributed by atoms with Crippen molar-refractivity contribution in [2.75, 3.05) is 18.4 Å². The van der Waals surface area contributed by atoms with Crippen molar-refractivity contribution in [2.45, 2.75) is 4.90 Å². The maximum absolute atomic E-state index is 11.6. The molecule has 0 aliphatic carbocycles. The molecule has 0 saturated carbocycles. The maximum Gasteiger partial charge on any atom is 0.243 e. The molecule has 1 aromatic rings. The minimum Gasteiger partial charge on any atom is -0.346 e. The fourth-order valence-electron chi connectivity index (χ4n) is 1.22. The second-order valence-corrected chi connectivity index (χ2v) is 6.44. The van der Waals surface area contributed by atoms with Gasteiger partial charge in [-0.25, -0.2) is 13.6 Å². The molecule has 10 heteroatoms. The third-order valence-corrected chi connectivity index (χ3v) is 3.98. The van der Waals surface area contributed by atoms with E-state index < -0.39 is 21.8 Å². The Morgan fingerprint density at radius 3 is 2.40 bits per heavy atom. The van der Waals surface area contributed by atoms with Crippen LogP contribution in [0.2, 0.25) is 0 Å². The molecule has 20 heavy (non-hydrogen) atoms. The van der Waals surface area contributed by atoms with Crippen molar-refractivity contribution in [2.24, 2.45) is 10.9 Å². The Balaban J connectivity index is 2.74. The van der Waals surface area contributed by atoms with Crippen molar-refractivity contribution in [3.8, 4) is 0 Å². The van der Waals surface area contributed by atoms with E-state index in [2.05, 4.69) is 10.6 Å². The monoisotopic (exact) mass is 412 g/mol. The largest absolute Gasteiger partial charge is 0.346 e. The van der Waals surface area contributed by atoms with Crippen LogP contribution in [0, 0.1) is 3.57 Å². The summed E-state index contributed by atoms with van der Waals surface area (Å²) in [6.45, 7) is -0.420. The number of carbonyl (C=O) groups is 2. The van der Waals surface area contributed by atoms with E-state index in [0.717, 1.165) is 0 Å². The Morgan fingerprint density at radius 1 is 1.25 bits per heavy atom. The van der Waals surface area contributed by atoms with Crippen molar-refractivity contribution in [3.05, 3.63) is 21.8 Å². The Bertz CT molecular complexity index is 632. The summed E-state index contributed by atoms with van der Waals surface area (Å²) < 4.78 is 22.8. The number of nitrogens with one attached hydrogen (secondary N) is 2. The van der Waals surface area contributed by atoms with Crippen molar-refractivity contribution in [3.63, 3.8) is 0 Å². The molecule has 0 aromatic heterocycles. The van der Waals surface area contributed by atoms with Gasteiger partial charge in [-0.15, -0.1) is 0 Å². The number of hydrogen-bond donors (Lipinski definition) is 4. The molecule has 1 aromatic carbocycles. The van der Waals surface area contributed by atoms with Crippen molar-refractivity contribution >= 4 is 50.1 Å². The first-order chi connectivity index (χ1) is 9.24. The quantitative estimate of drug-likeness (QED) is 0.457. The lowest BCUT2D eigenvalue weighted by Gasteiger charge is -2.09. The number of sulfonamides is 1. The van der Waals surface area contributed by atoms with Crippen LogP contribution in [0.25, 0.3) is 0 Å². The van der Waals surface area contributed by atoms with Gasteiger partial charge in [0.1, 0.15) is 0 Å². The fourth-order valence-corrected chi connectivity index (χ4v) is 2.62. The molecule has 0 bridgehead atoms. The maximum atomic E-state index is 11.6. The van der Waals surface area contributed by atoms with E-state index in [4.69, 9.17) is 10.9 Å². The third kappa shape index (κ3) is 5.03. The zero-order chi connectivity index (χ0) is 15.3. The Morgan fingerprint density at radius 2 is 1.90 bits per heavy atom. The average Bonchev–Trinajstić information content (AvgIpc) is 2.37. The van der Waals surface area contributed by atoms with Gasteiger partial charge in [0, 0.05) is 3.57 Å². The van der Waals surface area contributed by atoms with Crippen LogP contribution < -0.4 is 21.5 Å².